The molecule has 0 unspecified atom stereocenters. The number of benzene rings is 1. The fourth-order valence-corrected chi connectivity index (χ4v) is 2.55. The van der Waals surface area contributed by atoms with E-state index in [-0.39, 0.29) is 12.5 Å². The molecule has 122 valence electrons. The van der Waals surface area contributed by atoms with Crippen LogP contribution < -0.4 is 10.2 Å². The molecule has 1 aromatic heterocycles. The highest BCUT2D eigenvalue weighted by atomic mass is 35.5. The molecule has 5 nitrogen and oxygen atoms in total. The number of aryl methyl sites for hydroxylation is 1. The topological polar surface area (TPSA) is 55.6 Å². The Morgan fingerprint density at radius 3 is 2.78 bits per heavy atom. The maximum atomic E-state index is 11.7. The number of rotatable bonds is 6. The van der Waals surface area contributed by atoms with E-state index in [1.165, 1.54) is 5.69 Å². The molecule has 2 rings (SSSR count). The molecule has 0 saturated carbocycles. The Balaban J connectivity index is 1.88. The molecular weight excluding hydrogens is 314 g/mol. The minimum absolute atomic E-state index is 0.144. The zero-order valence-corrected chi connectivity index (χ0v) is 14.2. The molecule has 0 radical (unpaired) electrons. The van der Waals surface area contributed by atoms with Crippen LogP contribution in [-0.4, -0.2) is 23.3 Å². The second-order valence-corrected chi connectivity index (χ2v) is 5.49. The largest absolute Gasteiger partial charge is 0.482 e. The zero-order valence-electron chi connectivity index (χ0n) is 13.5. The van der Waals surface area contributed by atoms with Crippen LogP contribution in [0.4, 0.5) is 0 Å². The van der Waals surface area contributed by atoms with E-state index in [2.05, 4.69) is 22.0 Å². The van der Waals surface area contributed by atoms with E-state index in [1.54, 1.807) is 30.5 Å². The van der Waals surface area contributed by atoms with Gasteiger partial charge < -0.3 is 9.30 Å². The molecule has 1 amide bonds. The Bertz CT molecular complexity index is 723. The number of aromatic nitrogens is 1. The van der Waals surface area contributed by atoms with Crippen molar-refractivity contribution in [3.63, 3.8) is 0 Å². The minimum atomic E-state index is -0.342. The maximum absolute atomic E-state index is 11.7. The molecule has 0 fully saturated rings. The SMILES string of the molecule is CCn1c(C)cc(/C=N/NC(=O)COc2ccccc2Cl)c1C. The first-order chi connectivity index (χ1) is 11.0. The van der Waals surface area contributed by atoms with Gasteiger partial charge in [0.2, 0.25) is 0 Å². The quantitative estimate of drug-likeness (QED) is 0.651. The number of nitrogens with zero attached hydrogens (tertiary/aromatic N) is 2. The summed E-state index contributed by atoms with van der Waals surface area (Å²) >= 11 is 5.95. The number of para-hydroxylation sites is 1. The monoisotopic (exact) mass is 333 g/mol. The molecule has 1 N–H and O–H groups in total. The Kier molecular flexibility index (Phi) is 5.82. The van der Waals surface area contributed by atoms with Gasteiger partial charge in [-0.25, -0.2) is 5.43 Å². The third kappa shape index (κ3) is 4.36. The first-order valence-electron chi connectivity index (χ1n) is 7.39. The third-order valence-electron chi connectivity index (χ3n) is 3.52. The Morgan fingerprint density at radius 2 is 2.13 bits per heavy atom. The van der Waals surface area contributed by atoms with E-state index in [9.17, 15) is 4.79 Å². The summed E-state index contributed by atoms with van der Waals surface area (Å²) in [5.74, 6) is 0.130. The molecule has 1 heterocycles. The second-order valence-electron chi connectivity index (χ2n) is 5.08. The van der Waals surface area contributed by atoms with Crippen LogP contribution in [0.3, 0.4) is 0 Å². The van der Waals surface area contributed by atoms with Crippen molar-refractivity contribution in [2.45, 2.75) is 27.3 Å². The highest BCUT2D eigenvalue weighted by Crippen LogP contribution is 2.22. The van der Waals surface area contributed by atoms with Gasteiger partial charge in [0.05, 0.1) is 11.2 Å². The number of ether oxygens (including phenoxy) is 1. The normalized spacial score (nSPS) is 11.0. The van der Waals surface area contributed by atoms with E-state index in [4.69, 9.17) is 16.3 Å². The summed E-state index contributed by atoms with van der Waals surface area (Å²) < 4.78 is 7.53. The zero-order chi connectivity index (χ0) is 16.8. The summed E-state index contributed by atoms with van der Waals surface area (Å²) in [6.07, 6.45) is 1.64. The van der Waals surface area contributed by atoms with E-state index in [1.807, 2.05) is 19.9 Å². The standard InChI is InChI=1S/C17H20ClN3O2/c1-4-21-12(2)9-14(13(21)3)10-19-20-17(22)11-23-16-8-6-5-7-15(16)18/h5-10H,4,11H2,1-3H3,(H,20,22)/b19-10+. The molecule has 1 aromatic carbocycles. The van der Waals surface area contributed by atoms with Gasteiger partial charge in [0.1, 0.15) is 5.75 Å². The van der Waals surface area contributed by atoms with Crippen molar-refractivity contribution in [3.05, 3.63) is 52.3 Å². The highest BCUT2D eigenvalue weighted by Gasteiger charge is 2.06. The molecule has 2 aromatic rings. The lowest BCUT2D eigenvalue weighted by Gasteiger charge is -2.06. The van der Waals surface area contributed by atoms with Gasteiger partial charge in [-0.1, -0.05) is 23.7 Å². The van der Waals surface area contributed by atoms with Crippen LogP contribution in [0.5, 0.6) is 5.75 Å². The van der Waals surface area contributed by atoms with Crippen LogP contribution in [0.15, 0.2) is 35.4 Å². The van der Waals surface area contributed by atoms with Gasteiger partial charge in [0, 0.05) is 23.5 Å². The molecule has 0 atom stereocenters. The van der Waals surface area contributed by atoms with Crippen LogP contribution >= 0.6 is 11.6 Å². The number of carbonyl (C=O) groups excluding carboxylic acids is 1. The summed E-state index contributed by atoms with van der Waals surface area (Å²) in [5.41, 5.74) is 5.72. The molecule has 0 spiro atoms. The second kappa shape index (κ2) is 7.83. The van der Waals surface area contributed by atoms with Crippen LogP contribution in [-0.2, 0) is 11.3 Å². The minimum Gasteiger partial charge on any atom is -0.482 e. The molecule has 0 aliphatic heterocycles. The van der Waals surface area contributed by atoms with Crippen molar-refractivity contribution in [1.29, 1.82) is 0 Å². The van der Waals surface area contributed by atoms with Crippen LogP contribution in [0, 0.1) is 13.8 Å². The summed E-state index contributed by atoms with van der Waals surface area (Å²) in [6, 6.07) is 9.04. The van der Waals surface area contributed by atoms with Gasteiger partial charge in [-0.3, -0.25) is 4.79 Å². The fourth-order valence-electron chi connectivity index (χ4n) is 2.36. The molecule has 0 aliphatic rings. The fraction of sp³-hybridized carbons (Fsp3) is 0.294. The number of amides is 1. The molecule has 0 aliphatic carbocycles. The van der Waals surface area contributed by atoms with Crippen LogP contribution in [0.25, 0.3) is 0 Å². The lowest BCUT2D eigenvalue weighted by molar-refractivity contribution is -0.123. The summed E-state index contributed by atoms with van der Waals surface area (Å²) in [7, 11) is 0. The van der Waals surface area contributed by atoms with Gasteiger partial charge in [0.25, 0.3) is 5.91 Å². The van der Waals surface area contributed by atoms with Crippen molar-refractivity contribution >= 4 is 23.7 Å². The highest BCUT2D eigenvalue weighted by molar-refractivity contribution is 6.32. The lowest BCUT2D eigenvalue weighted by Crippen LogP contribution is -2.24. The Morgan fingerprint density at radius 1 is 1.39 bits per heavy atom. The number of carbonyl (C=O) groups is 1. The van der Waals surface area contributed by atoms with E-state index in [0.717, 1.165) is 17.8 Å². The van der Waals surface area contributed by atoms with Crippen LogP contribution in [0.1, 0.15) is 23.9 Å². The maximum Gasteiger partial charge on any atom is 0.277 e. The molecule has 0 saturated heterocycles. The first kappa shape index (κ1) is 17.1. The van der Waals surface area contributed by atoms with Crippen molar-refractivity contribution in [1.82, 2.24) is 9.99 Å². The number of hydrazone groups is 1. The summed E-state index contributed by atoms with van der Waals surface area (Å²) in [5, 5.41) is 4.44. The Hall–Kier alpha value is -2.27. The lowest BCUT2D eigenvalue weighted by atomic mass is 10.3. The molecule has 0 bridgehead atoms. The predicted molar refractivity (Wildman–Crippen MR) is 92.3 cm³/mol. The van der Waals surface area contributed by atoms with Gasteiger partial charge in [-0.15, -0.1) is 0 Å². The molecule has 6 heteroatoms. The molecular formula is C17H20ClN3O2. The average Bonchev–Trinajstić information content (AvgIpc) is 2.80. The number of hydrogen-bond donors (Lipinski definition) is 1. The number of halogens is 1. The smallest absolute Gasteiger partial charge is 0.277 e. The van der Waals surface area contributed by atoms with Gasteiger partial charge in [0.15, 0.2) is 6.61 Å². The summed E-state index contributed by atoms with van der Waals surface area (Å²) in [4.78, 5) is 11.7. The van der Waals surface area contributed by atoms with Gasteiger partial charge >= 0.3 is 0 Å². The van der Waals surface area contributed by atoms with Crippen molar-refractivity contribution < 1.29 is 9.53 Å². The average molecular weight is 334 g/mol. The number of nitrogens with one attached hydrogen (secondary N) is 1. The Labute approximate surface area is 140 Å². The van der Waals surface area contributed by atoms with Crippen molar-refractivity contribution in [2.24, 2.45) is 5.10 Å². The van der Waals surface area contributed by atoms with E-state index >= 15 is 0 Å². The molecule has 23 heavy (non-hydrogen) atoms. The third-order valence-corrected chi connectivity index (χ3v) is 3.83. The predicted octanol–water partition coefficient (Wildman–Crippen LogP) is 3.31. The first-order valence-corrected chi connectivity index (χ1v) is 7.76. The van der Waals surface area contributed by atoms with Crippen LogP contribution in [0.2, 0.25) is 5.02 Å². The van der Waals surface area contributed by atoms with Gasteiger partial charge in [-0.2, -0.15) is 5.10 Å². The van der Waals surface area contributed by atoms with Crippen molar-refractivity contribution in [3.8, 4) is 5.75 Å². The van der Waals surface area contributed by atoms with E-state index in [0.29, 0.717) is 10.8 Å². The van der Waals surface area contributed by atoms with Gasteiger partial charge in [-0.05, 0) is 39.0 Å². The van der Waals surface area contributed by atoms with Crippen molar-refractivity contribution in [2.75, 3.05) is 6.61 Å². The summed E-state index contributed by atoms with van der Waals surface area (Å²) in [6.45, 7) is 6.93. The van der Waals surface area contributed by atoms with E-state index < -0.39 is 0 Å². The number of hydrogen-bond acceptors (Lipinski definition) is 3.